The minimum absolute atomic E-state index is 0.297. The molecule has 4 aromatic rings. The van der Waals surface area contributed by atoms with Crippen LogP contribution in [0.25, 0.3) is 10.9 Å². The van der Waals surface area contributed by atoms with Gasteiger partial charge < -0.3 is 10.3 Å². The van der Waals surface area contributed by atoms with Crippen LogP contribution in [0.15, 0.2) is 72.8 Å². The third kappa shape index (κ3) is 3.61. The minimum Gasteiger partial charge on any atom is -0.356 e. The van der Waals surface area contributed by atoms with Crippen LogP contribution in [0, 0.1) is 6.92 Å². The number of para-hydroxylation sites is 2. The topological polar surface area (TPSA) is 85.5 Å². The van der Waals surface area contributed by atoms with Gasteiger partial charge in [0.05, 0.1) is 11.3 Å². The predicted molar refractivity (Wildman–Crippen MR) is 143 cm³/mol. The van der Waals surface area contributed by atoms with E-state index in [0.717, 1.165) is 39.7 Å². The number of carbonyl (C=O) groups is 3. The molecule has 2 aliphatic rings. The van der Waals surface area contributed by atoms with Crippen molar-refractivity contribution in [1.82, 2.24) is 15.2 Å². The van der Waals surface area contributed by atoms with Crippen LogP contribution < -0.4 is 10.2 Å². The van der Waals surface area contributed by atoms with E-state index in [1.165, 1.54) is 4.90 Å². The standard InChI is InChI=1S/C30H28N4O3/c1-3-16-31-28(35)21-9-5-7-11-24(21)34-29(36)25-17-22-20-8-4-6-10-23(20)32-26(22)27(33(25)30(34)37)19-14-12-18(2)13-15-19/h4-15,25,27,32H,3,16-17H2,1-2H3,(H,31,35). The zero-order valence-corrected chi connectivity index (χ0v) is 20.8. The predicted octanol–water partition coefficient (Wildman–Crippen LogP) is 5.10. The summed E-state index contributed by atoms with van der Waals surface area (Å²) in [7, 11) is 0. The van der Waals surface area contributed by atoms with Crippen molar-refractivity contribution >= 4 is 34.4 Å². The number of benzene rings is 3. The number of imide groups is 1. The first-order chi connectivity index (χ1) is 18.0. The molecule has 37 heavy (non-hydrogen) atoms. The van der Waals surface area contributed by atoms with E-state index < -0.39 is 18.1 Å². The molecule has 2 N–H and O–H groups in total. The number of aromatic nitrogens is 1. The molecule has 2 unspecified atom stereocenters. The van der Waals surface area contributed by atoms with Crippen LogP contribution in [0.4, 0.5) is 10.5 Å². The van der Waals surface area contributed by atoms with Crippen LogP contribution in [0.2, 0.25) is 0 Å². The molecular weight excluding hydrogens is 464 g/mol. The Morgan fingerprint density at radius 1 is 1.00 bits per heavy atom. The highest BCUT2D eigenvalue weighted by atomic mass is 16.2. The Hall–Kier alpha value is -4.39. The smallest absolute Gasteiger partial charge is 0.332 e. The van der Waals surface area contributed by atoms with Gasteiger partial charge in [-0.05, 0) is 42.7 Å². The molecule has 3 heterocycles. The maximum Gasteiger partial charge on any atom is 0.332 e. The first-order valence-corrected chi connectivity index (χ1v) is 12.7. The van der Waals surface area contributed by atoms with E-state index in [9.17, 15) is 14.4 Å². The van der Waals surface area contributed by atoms with E-state index in [2.05, 4.69) is 16.4 Å². The summed E-state index contributed by atoms with van der Waals surface area (Å²) in [6.45, 7) is 4.51. The summed E-state index contributed by atoms with van der Waals surface area (Å²) in [5.41, 5.74) is 5.65. The lowest BCUT2D eigenvalue weighted by molar-refractivity contribution is -0.120. The largest absolute Gasteiger partial charge is 0.356 e. The number of nitrogens with one attached hydrogen (secondary N) is 2. The Kier molecular flexibility index (Phi) is 5.56. The van der Waals surface area contributed by atoms with Gasteiger partial charge >= 0.3 is 6.03 Å². The number of fused-ring (bicyclic) bond motifs is 4. The van der Waals surface area contributed by atoms with Crippen LogP contribution in [0.3, 0.4) is 0 Å². The molecule has 7 heteroatoms. The third-order valence-electron chi connectivity index (χ3n) is 7.37. The molecule has 4 amide bonds. The first kappa shape index (κ1) is 23.0. The lowest BCUT2D eigenvalue weighted by atomic mass is 9.88. The van der Waals surface area contributed by atoms with Gasteiger partial charge in [-0.2, -0.15) is 0 Å². The zero-order chi connectivity index (χ0) is 25.7. The van der Waals surface area contributed by atoms with Gasteiger partial charge in [-0.1, -0.05) is 67.1 Å². The summed E-state index contributed by atoms with van der Waals surface area (Å²) in [6, 6.07) is 21.4. The number of aryl methyl sites for hydroxylation is 1. The zero-order valence-electron chi connectivity index (χ0n) is 20.8. The normalized spacial score (nSPS) is 18.8. The summed E-state index contributed by atoms with van der Waals surface area (Å²) < 4.78 is 0. The van der Waals surface area contributed by atoms with Crippen molar-refractivity contribution in [3.8, 4) is 0 Å². The first-order valence-electron chi connectivity index (χ1n) is 12.7. The van der Waals surface area contributed by atoms with E-state index in [4.69, 9.17) is 0 Å². The van der Waals surface area contributed by atoms with Crippen molar-refractivity contribution in [2.75, 3.05) is 11.4 Å². The second kappa shape index (κ2) is 8.92. The second-order valence-electron chi connectivity index (χ2n) is 9.73. The fourth-order valence-corrected chi connectivity index (χ4v) is 5.59. The van der Waals surface area contributed by atoms with Gasteiger partial charge in [0.15, 0.2) is 0 Å². The number of nitrogens with zero attached hydrogens (tertiary/aromatic N) is 2. The minimum atomic E-state index is -0.669. The average molecular weight is 493 g/mol. The van der Waals surface area contributed by atoms with E-state index in [-0.39, 0.29) is 11.8 Å². The highest BCUT2D eigenvalue weighted by Crippen LogP contribution is 2.45. The molecule has 3 aromatic carbocycles. The molecule has 0 radical (unpaired) electrons. The van der Waals surface area contributed by atoms with Gasteiger partial charge in [-0.3, -0.25) is 14.5 Å². The van der Waals surface area contributed by atoms with Crippen molar-refractivity contribution < 1.29 is 14.4 Å². The quantitative estimate of drug-likeness (QED) is 0.380. The van der Waals surface area contributed by atoms with Crippen LogP contribution in [0.1, 0.15) is 52.1 Å². The van der Waals surface area contributed by atoms with E-state index >= 15 is 0 Å². The number of hydrogen-bond donors (Lipinski definition) is 2. The number of carbonyl (C=O) groups excluding carboxylic acids is 3. The van der Waals surface area contributed by atoms with Crippen molar-refractivity contribution in [2.45, 2.75) is 38.8 Å². The fraction of sp³-hybridized carbons (Fsp3) is 0.233. The molecule has 0 bridgehead atoms. The van der Waals surface area contributed by atoms with E-state index in [0.29, 0.717) is 24.2 Å². The third-order valence-corrected chi connectivity index (χ3v) is 7.37. The Labute approximate surface area is 215 Å². The lowest BCUT2D eigenvalue weighted by Gasteiger charge is -2.36. The number of H-pyrrole nitrogens is 1. The Balaban J connectivity index is 1.49. The van der Waals surface area contributed by atoms with Crippen molar-refractivity contribution in [1.29, 1.82) is 0 Å². The van der Waals surface area contributed by atoms with E-state index in [1.807, 2.05) is 56.3 Å². The van der Waals surface area contributed by atoms with Crippen molar-refractivity contribution in [2.24, 2.45) is 0 Å². The molecular formula is C30H28N4O3. The molecule has 186 valence electrons. The molecule has 7 nitrogen and oxygen atoms in total. The van der Waals surface area contributed by atoms with Crippen molar-refractivity contribution in [3.05, 3.63) is 101 Å². The Morgan fingerprint density at radius 3 is 2.51 bits per heavy atom. The number of amides is 4. The highest BCUT2D eigenvalue weighted by molar-refractivity contribution is 6.24. The molecule has 6 rings (SSSR count). The molecule has 0 spiro atoms. The number of anilines is 1. The highest BCUT2D eigenvalue weighted by Gasteiger charge is 2.53. The van der Waals surface area contributed by atoms with E-state index in [1.54, 1.807) is 29.2 Å². The summed E-state index contributed by atoms with van der Waals surface area (Å²) >= 11 is 0. The van der Waals surface area contributed by atoms with Gasteiger partial charge in [-0.15, -0.1) is 0 Å². The summed E-state index contributed by atoms with van der Waals surface area (Å²) in [5.74, 6) is -0.608. The monoisotopic (exact) mass is 492 g/mol. The molecule has 2 aliphatic heterocycles. The molecule has 1 aromatic heterocycles. The second-order valence-corrected chi connectivity index (χ2v) is 9.73. The van der Waals surface area contributed by atoms with Gasteiger partial charge in [0.1, 0.15) is 12.1 Å². The summed E-state index contributed by atoms with van der Waals surface area (Å²) in [4.78, 5) is 47.4. The molecule has 2 atom stereocenters. The fourth-order valence-electron chi connectivity index (χ4n) is 5.59. The van der Waals surface area contributed by atoms with Gasteiger partial charge in [0.2, 0.25) is 0 Å². The van der Waals surface area contributed by atoms with Crippen LogP contribution in [-0.2, 0) is 11.2 Å². The number of aromatic amines is 1. The summed E-state index contributed by atoms with van der Waals surface area (Å²) in [6.07, 6.45) is 1.20. The van der Waals surface area contributed by atoms with Gasteiger partial charge in [-0.25, -0.2) is 9.69 Å². The van der Waals surface area contributed by atoms with Gasteiger partial charge in [0.25, 0.3) is 11.8 Å². The maximum atomic E-state index is 14.1. The molecule has 0 aliphatic carbocycles. The summed E-state index contributed by atoms with van der Waals surface area (Å²) in [5, 5.41) is 3.93. The van der Waals surface area contributed by atoms with Gasteiger partial charge in [0, 0.05) is 29.6 Å². The van der Waals surface area contributed by atoms with Crippen LogP contribution in [-0.4, -0.2) is 40.3 Å². The Morgan fingerprint density at radius 2 is 1.73 bits per heavy atom. The van der Waals surface area contributed by atoms with Crippen LogP contribution in [0.5, 0.6) is 0 Å². The molecule has 1 fully saturated rings. The number of rotatable bonds is 5. The SMILES string of the molecule is CCCNC(=O)c1ccccc1N1C(=O)C2Cc3c([nH]c4ccccc34)C(c3ccc(C)cc3)N2C1=O. The lowest BCUT2D eigenvalue weighted by Crippen LogP contribution is -2.44. The molecule has 1 saturated heterocycles. The number of urea groups is 1. The average Bonchev–Trinajstić information content (AvgIpc) is 3.41. The maximum absolute atomic E-state index is 14.1. The van der Waals surface area contributed by atoms with Crippen molar-refractivity contribution in [3.63, 3.8) is 0 Å². The van der Waals surface area contributed by atoms with Crippen LogP contribution >= 0.6 is 0 Å². The number of hydrogen-bond acceptors (Lipinski definition) is 3. The molecule has 0 saturated carbocycles. The Bertz CT molecular complexity index is 1540.